The van der Waals surface area contributed by atoms with E-state index in [1.54, 1.807) is 12.1 Å². The van der Waals surface area contributed by atoms with Gasteiger partial charge in [0.05, 0.1) is 13.7 Å². The first-order valence-corrected chi connectivity index (χ1v) is 6.46. The number of carbonyl (C=O) groups excluding carboxylic acids is 1. The standard InChI is InChI=1S/C14H19FN2O2/c1-9(16-8-14(18)17-10-3-4-10)12-6-5-11(19-2)7-13(12)15/h5-7,9-10,16H,3-4,8H2,1-2H3,(H,17,18). The van der Waals surface area contributed by atoms with Crippen LogP contribution in [0.15, 0.2) is 18.2 Å². The summed E-state index contributed by atoms with van der Waals surface area (Å²) in [4.78, 5) is 11.5. The van der Waals surface area contributed by atoms with Crippen LogP contribution in [0.1, 0.15) is 31.4 Å². The predicted molar refractivity (Wildman–Crippen MR) is 70.5 cm³/mol. The highest BCUT2D eigenvalue weighted by Crippen LogP contribution is 2.21. The summed E-state index contributed by atoms with van der Waals surface area (Å²) in [5.41, 5.74) is 0.528. The second kappa shape index (κ2) is 6.02. The SMILES string of the molecule is COc1ccc(C(C)NCC(=O)NC2CC2)c(F)c1. The molecule has 1 amide bonds. The number of hydrogen-bond acceptors (Lipinski definition) is 3. The summed E-state index contributed by atoms with van der Waals surface area (Å²) in [6, 6.07) is 4.85. The van der Waals surface area contributed by atoms with Gasteiger partial charge in [0, 0.05) is 23.7 Å². The first-order valence-electron chi connectivity index (χ1n) is 6.46. The van der Waals surface area contributed by atoms with Crippen molar-refractivity contribution in [3.8, 4) is 5.75 Å². The molecular formula is C14H19FN2O2. The summed E-state index contributed by atoms with van der Waals surface area (Å²) in [6.45, 7) is 2.03. The Labute approximate surface area is 112 Å². The number of carbonyl (C=O) groups is 1. The molecule has 1 aromatic carbocycles. The Balaban J connectivity index is 1.87. The van der Waals surface area contributed by atoms with Crippen LogP contribution >= 0.6 is 0 Å². The summed E-state index contributed by atoms with van der Waals surface area (Å²) >= 11 is 0. The highest BCUT2D eigenvalue weighted by Gasteiger charge is 2.23. The van der Waals surface area contributed by atoms with Crippen LogP contribution in [-0.4, -0.2) is 25.6 Å². The van der Waals surface area contributed by atoms with Crippen LogP contribution < -0.4 is 15.4 Å². The first kappa shape index (κ1) is 13.8. The van der Waals surface area contributed by atoms with Gasteiger partial charge in [-0.2, -0.15) is 0 Å². The van der Waals surface area contributed by atoms with Crippen molar-refractivity contribution in [2.24, 2.45) is 0 Å². The number of amides is 1. The molecule has 2 N–H and O–H groups in total. The van der Waals surface area contributed by atoms with Crippen molar-refractivity contribution in [3.63, 3.8) is 0 Å². The van der Waals surface area contributed by atoms with Crippen molar-refractivity contribution in [3.05, 3.63) is 29.6 Å². The molecule has 1 aromatic rings. The van der Waals surface area contributed by atoms with Crippen molar-refractivity contribution in [2.75, 3.05) is 13.7 Å². The maximum Gasteiger partial charge on any atom is 0.234 e. The fourth-order valence-electron chi connectivity index (χ4n) is 1.85. The topological polar surface area (TPSA) is 50.4 Å². The molecule has 0 saturated heterocycles. The zero-order chi connectivity index (χ0) is 13.8. The summed E-state index contributed by atoms with van der Waals surface area (Å²) in [7, 11) is 1.50. The molecule has 0 spiro atoms. The quantitative estimate of drug-likeness (QED) is 0.825. The number of methoxy groups -OCH3 is 1. The molecule has 5 heteroatoms. The Kier molecular flexibility index (Phi) is 4.37. The summed E-state index contributed by atoms with van der Waals surface area (Å²) in [5.74, 6) is 0.116. The number of benzene rings is 1. The molecule has 1 atom stereocenters. The molecule has 2 rings (SSSR count). The number of hydrogen-bond donors (Lipinski definition) is 2. The van der Waals surface area contributed by atoms with E-state index in [9.17, 15) is 9.18 Å². The van der Waals surface area contributed by atoms with Crippen LogP contribution in [0.5, 0.6) is 5.75 Å². The second-order valence-electron chi connectivity index (χ2n) is 4.83. The maximum absolute atomic E-state index is 13.8. The van der Waals surface area contributed by atoms with E-state index in [0.29, 0.717) is 17.4 Å². The summed E-state index contributed by atoms with van der Waals surface area (Å²) in [5, 5.41) is 5.90. The van der Waals surface area contributed by atoms with E-state index in [0.717, 1.165) is 12.8 Å². The van der Waals surface area contributed by atoms with E-state index in [2.05, 4.69) is 10.6 Å². The summed E-state index contributed by atoms with van der Waals surface area (Å²) < 4.78 is 18.8. The van der Waals surface area contributed by atoms with Crippen LogP contribution in [0.25, 0.3) is 0 Å². The van der Waals surface area contributed by atoms with E-state index in [4.69, 9.17) is 4.74 Å². The molecule has 19 heavy (non-hydrogen) atoms. The molecule has 0 aromatic heterocycles. The zero-order valence-corrected chi connectivity index (χ0v) is 11.2. The second-order valence-corrected chi connectivity index (χ2v) is 4.83. The molecule has 0 aliphatic heterocycles. The Morgan fingerprint density at radius 2 is 2.26 bits per heavy atom. The minimum atomic E-state index is -0.332. The van der Waals surface area contributed by atoms with Gasteiger partial charge in [-0.25, -0.2) is 4.39 Å². The van der Waals surface area contributed by atoms with Gasteiger partial charge in [0.15, 0.2) is 0 Å². The van der Waals surface area contributed by atoms with Gasteiger partial charge >= 0.3 is 0 Å². The number of ether oxygens (including phenoxy) is 1. The zero-order valence-electron chi connectivity index (χ0n) is 11.2. The highest BCUT2D eigenvalue weighted by molar-refractivity contribution is 5.78. The van der Waals surface area contributed by atoms with Gasteiger partial charge in [0.25, 0.3) is 0 Å². The lowest BCUT2D eigenvalue weighted by atomic mass is 10.1. The van der Waals surface area contributed by atoms with Gasteiger partial charge in [-0.1, -0.05) is 6.07 Å². The number of rotatable bonds is 6. The van der Waals surface area contributed by atoms with Gasteiger partial charge < -0.3 is 15.4 Å². The molecule has 1 aliphatic carbocycles. The Morgan fingerprint density at radius 1 is 1.53 bits per heavy atom. The summed E-state index contributed by atoms with van der Waals surface area (Å²) in [6.07, 6.45) is 2.13. The predicted octanol–water partition coefficient (Wildman–Crippen LogP) is 1.76. The normalized spacial score (nSPS) is 15.9. The van der Waals surface area contributed by atoms with Crippen LogP contribution in [-0.2, 0) is 4.79 Å². The minimum absolute atomic E-state index is 0.0386. The Hall–Kier alpha value is -1.62. The molecule has 1 saturated carbocycles. The van der Waals surface area contributed by atoms with E-state index in [-0.39, 0.29) is 24.3 Å². The fraction of sp³-hybridized carbons (Fsp3) is 0.500. The van der Waals surface area contributed by atoms with E-state index in [1.165, 1.54) is 13.2 Å². The fourth-order valence-corrected chi connectivity index (χ4v) is 1.85. The monoisotopic (exact) mass is 266 g/mol. The van der Waals surface area contributed by atoms with E-state index in [1.807, 2.05) is 6.92 Å². The minimum Gasteiger partial charge on any atom is -0.497 e. The van der Waals surface area contributed by atoms with Crippen molar-refractivity contribution >= 4 is 5.91 Å². The van der Waals surface area contributed by atoms with E-state index >= 15 is 0 Å². The third kappa shape index (κ3) is 3.92. The third-order valence-corrected chi connectivity index (χ3v) is 3.19. The third-order valence-electron chi connectivity index (χ3n) is 3.19. The smallest absolute Gasteiger partial charge is 0.234 e. The first-order chi connectivity index (χ1) is 9.10. The average molecular weight is 266 g/mol. The van der Waals surface area contributed by atoms with Gasteiger partial charge in [-0.15, -0.1) is 0 Å². The lowest BCUT2D eigenvalue weighted by Gasteiger charge is -2.15. The van der Waals surface area contributed by atoms with Crippen LogP contribution in [0.2, 0.25) is 0 Å². The van der Waals surface area contributed by atoms with Gasteiger partial charge in [0.2, 0.25) is 5.91 Å². The molecule has 0 radical (unpaired) electrons. The van der Waals surface area contributed by atoms with Crippen LogP contribution in [0.4, 0.5) is 4.39 Å². The van der Waals surface area contributed by atoms with Gasteiger partial charge in [-0.3, -0.25) is 4.79 Å². The molecule has 0 bridgehead atoms. The maximum atomic E-state index is 13.8. The van der Waals surface area contributed by atoms with Crippen molar-refractivity contribution < 1.29 is 13.9 Å². The molecular weight excluding hydrogens is 247 g/mol. The molecule has 0 heterocycles. The number of halogens is 1. The lowest BCUT2D eigenvalue weighted by Crippen LogP contribution is -2.36. The molecule has 4 nitrogen and oxygen atoms in total. The van der Waals surface area contributed by atoms with Gasteiger partial charge in [0.1, 0.15) is 11.6 Å². The molecule has 104 valence electrons. The molecule has 1 unspecified atom stereocenters. The molecule has 1 aliphatic rings. The Morgan fingerprint density at radius 3 is 2.84 bits per heavy atom. The van der Waals surface area contributed by atoms with E-state index < -0.39 is 0 Å². The highest BCUT2D eigenvalue weighted by atomic mass is 19.1. The van der Waals surface area contributed by atoms with Crippen LogP contribution in [0.3, 0.4) is 0 Å². The lowest BCUT2D eigenvalue weighted by molar-refractivity contribution is -0.120. The molecule has 1 fully saturated rings. The van der Waals surface area contributed by atoms with Crippen molar-refractivity contribution in [2.45, 2.75) is 31.8 Å². The average Bonchev–Trinajstić information content (AvgIpc) is 3.19. The largest absolute Gasteiger partial charge is 0.497 e. The van der Waals surface area contributed by atoms with Gasteiger partial charge in [-0.05, 0) is 25.8 Å². The Bertz CT molecular complexity index is 461. The van der Waals surface area contributed by atoms with Crippen molar-refractivity contribution in [1.82, 2.24) is 10.6 Å². The van der Waals surface area contributed by atoms with Crippen LogP contribution in [0, 0.1) is 5.82 Å². The van der Waals surface area contributed by atoms with Crippen molar-refractivity contribution in [1.29, 1.82) is 0 Å². The number of nitrogens with one attached hydrogen (secondary N) is 2.